The lowest BCUT2D eigenvalue weighted by atomic mass is 10.1. The molecule has 1 fully saturated rings. The van der Waals surface area contributed by atoms with Crippen LogP contribution in [0.5, 0.6) is 0 Å². The zero-order valence-corrected chi connectivity index (χ0v) is 12.3. The minimum Gasteiger partial charge on any atom is -0.310 e. The van der Waals surface area contributed by atoms with Crippen molar-refractivity contribution in [3.05, 3.63) is 27.4 Å². The van der Waals surface area contributed by atoms with Gasteiger partial charge in [-0.1, -0.05) is 6.42 Å². The van der Waals surface area contributed by atoms with Crippen molar-refractivity contribution >= 4 is 0 Å². The normalized spacial score (nSPS) is 20.2. The summed E-state index contributed by atoms with van der Waals surface area (Å²) in [5, 5.41) is 0. The number of aromatic nitrogens is 2. The number of hydrogen-bond donors (Lipinski definition) is 1. The molecule has 110 valence electrons. The van der Waals surface area contributed by atoms with E-state index in [0.29, 0.717) is 0 Å². The Morgan fingerprint density at radius 3 is 2.65 bits per heavy atom. The molecule has 1 aromatic heterocycles. The van der Waals surface area contributed by atoms with E-state index in [1.165, 1.54) is 45.3 Å². The van der Waals surface area contributed by atoms with Crippen molar-refractivity contribution in [3.8, 4) is 0 Å². The quantitative estimate of drug-likeness (QED) is 0.900. The number of H-pyrrole nitrogens is 1. The van der Waals surface area contributed by atoms with Gasteiger partial charge in [-0.25, -0.2) is 4.98 Å². The summed E-state index contributed by atoms with van der Waals surface area (Å²) in [6.07, 6.45) is 5.29. The Bertz CT molecular complexity index is 519. The van der Waals surface area contributed by atoms with Crippen molar-refractivity contribution in [1.29, 1.82) is 0 Å². The number of nitrogens with one attached hydrogen (secondary N) is 1. The van der Waals surface area contributed by atoms with Crippen LogP contribution >= 0.6 is 0 Å². The van der Waals surface area contributed by atoms with Gasteiger partial charge in [0.2, 0.25) is 0 Å². The Kier molecular flexibility index (Phi) is 4.17. The number of piperidine rings is 1. The summed E-state index contributed by atoms with van der Waals surface area (Å²) in [5.74, 6) is 0.726. The standard InChI is InChI=1S/C15H24N4O/c1-12-16-14-11-19(10-13(14)15(20)17-12)9-5-8-18-6-3-2-4-7-18/h2-11H2,1H3,(H,16,17,20). The predicted molar refractivity (Wildman–Crippen MR) is 78.6 cm³/mol. The van der Waals surface area contributed by atoms with Crippen LogP contribution in [0.2, 0.25) is 0 Å². The van der Waals surface area contributed by atoms with Crippen LogP contribution in [0.1, 0.15) is 42.8 Å². The topological polar surface area (TPSA) is 52.2 Å². The van der Waals surface area contributed by atoms with Gasteiger partial charge in [0.1, 0.15) is 5.82 Å². The summed E-state index contributed by atoms with van der Waals surface area (Å²) in [5.41, 5.74) is 1.89. The maximum Gasteiger partial charge on any atom is 0.255 e. The Morgan fingerprint density at radius 1 is 1.10 bits per heavy atom. The molecule has 2 aliphatic heterocycles. The van der Waals surface area contributed by atoms with Crippen molar-refractivity contribution in [2.75, 3.05) is 26.2 Å². The van der Waals surface area contributed by atoms with E-state index in [-0.39, 0.29) is 5.56 Å². The Hall–Kier alpha value is -1.20. The maximum atomic E-state index is 11.9. The predicted octanol–water partition coefficient (Wildman–Crippen LogP) is 1.27. The summed E-state index contributed by atoms with van der Waals surface area (Å²) in [4.78, 5) is 24.0. The highest BCUT2D eigenvalue weighted by molar-refractivity contribution is 5.21. The summed E-state index contributed by atoms with van der Waals surface area (Å²) in [6.45, 7) is 8.22. The lowest BCUT2D eigenvalue weighted by Gasteiger charge is -2.27. The highest BCUT2D eigenvalue weighted by Gasteiger charge is 2.23. The number of aryl methyl sites for hydroxylation is 1. The fourth-order valence-corrected chi connectivity index (χ4v) is 3.31. The van der Waals surface area contributed by atoms with Gasteiger partial charge in [-0.3, -0.25) is 9.69 Å². The van der Waals surface area contributed by atoms with E-state index in [4.69, 9.17) is 0 Å². The lowest BCUT2D eigenvalue weighted by Crippen LogP contribution is -2.32. The third kappa shape index (κ3) is 3.10. The van der Waals surface area contributed by atoms with Gasteiger partial charge in [0.25, 0.3) is 5.56 Å². The van der Waals surface area contributed by atoms with E-state index in [1.807, 2.05) is 6.92 Å². The molecule has 1 saturated heterocycles. The molecule has 0 unspecified atom stereocenters. The van der Waals surface area contributed by atoms with E-state index < -0.39 is 0 Å². The van der Waals surface area contributed by atoms with Crippen LogP contribution in [-0.4, -0.2) is 45.9 Å². The van der Waals surface area contributed by atoms with Gasteiger partial charge in [0.05, 0.1) is 11.3 Å². The molecule has 3 heterocycles. The number of likely N-dealkylation sites (tertiary alicyclic amines) is 1. The average molecular weight is 276 g/mol. The molecule has 1 aromatic rings. The van der Waals surface area contributed by atoms with Crippen LogP contribution in [0.3, 0.4) is 0 Å². The molecule has 0 bridgehead atoms. The number of nitrogens with zero attached hydrogens (tertiary/aromatic N) is 3. The average Bonchev–Trinajstić information content (AvgIpc) is 2.83. The first-order valence-corrected chi connectivity index (χ1v) is 7.76. The molecule has 0 aliphatic carbocycles. The molecule has 1 N–H and O–H groups in total. The Labute approximate surface area is 120 Å². The van der Waals surface area contributed by atoms with Gasteiger partial charge in [-0.05, 0) is 45.8 Å². The Morgan fingerprint density at radius 2 is 1.85 bits per heavy atom. The number of hydrogen-bond acceptors (Lipinski definition) is 4. The molecule has 5 nitrogen and oxygen atoms in total. The SMILES string of the molecule is Cc1nc2c(c(=O)[nH]1)CN(CCCN1CCCCC1)C2. The fraction of sp³-hybridized carbons (Fsp3) is 0.733. The third-order valence-electron chi connectivity index (χ3n) is 4.37. The molecule has 0 radical (unpaired) electrons. The molecule has 0 aromatic carbocycles. The third-order valence-corrected chi connectivity index (χ3v) is 4.37. The zero-order chi connectivity index (χ0) is 13.9. The minimum atomic E-state index is 0.0473. The zero-order valence-electron chi connectivity index (χ0n) is 12.3. The van der Waals surface area contributed by atoms with Crippen LogP contribution < -0.4 is 5.56 Å². The maximum absolute atomic E-state index is 11.9. The van der Waals surface area contributed by atoms with Crippen LogP contribution in [0.15, 0.2) is 4.79 Å². The minimum absolute atomic E-state index is 0.0473. The summed E-state index contributed by atoms with van der Waals surface area (Å²) in [6, 6.07) is 0. The van der Waals surface area contributed by atoms with E-state index in [1.54, 1.807) is 0 Å². The molecule has 0 amide bonds. The molecule has 3 rings (SSSR count). The van der Waals surface area contributed by atoms with Crippen LogP contribution in [0.4, 0.5) is 0 Å². The van der Waals surface area contributed by atoms with E-state index in [9.17, 15) is 4.79 Å². The molecular weight excluding hydrogens is 252 g/mol. The van der Waals surface area contributed by atoms with E-state index in [0.717, 1.165) is 36.7 Å². The number of fused-ring (bicyclic) bond motifs is 1. The monoisotopic (exact) mass is 276 g/mol. The second kappa shape index (κ2) is 6.06. The molecular formula is C15H24N4O. The molecule has 0 saturated carbocycles. The van der Waals surface area contributed by atoms with E-state index in [2.05, 4.69) is 19.8 Å². The molecule has 0 atom stereocenters. The van der Waals surface area contributed by atoms with Crippen molar-refractivity contribution in [2.24, 2.45) is 0 Å². The number of rotatable bonds is 4. The summed E-state index contributed by atoms with van der Waals surface area (Å²) in [7, 11) is 0. The van der Waals surface area contributed by atoms with Gasteiger partial charge in [0.15, 0.2) is 0 Å². The Balaban J connectivity index is 1.49. The van der Waals surface area contributed by atoms with Crippen molar-refractivity contribution in [1.82, 2.24) is 19.8 Å². The van der Waals surface area contributed by atoms with Crippen molar-refractivity contribution < 1.29 is 0 Å². The summed E-state index contributed by atoms with van der Waals surface area (Å²) < 4.78 is 0. The fourth-order valence-electron chi connectivity index (χ4n) is 3.31. The van der Waals surface area contributed by atoms with Gasteiger partial charge in [0, 0.05) is 19.6 Å². The molecule has 5 heteroatoms. The largest absolute Gasteiger partial charge is 0.310 e. The van der Waals surface area contributed by atoms with Gasteiger partial charge in [-0.2, -0.15) is 0 Å². The first-order chi connectivity index (χ1) is 9.72. The highest BCUT2D eigenvalue weighted by Crippen LogP contribution is 2.18. The summed E-state index contributed by atoms with van der Waals surface area (Å²) >= 11 is 0. The first-order valence-electron chi connectivity index (χ1n) is 7.76. The van der Waals surface area contributed by atoms with Crippen LogP contribution in [-0.2, 0) is 13.1 Å². The van der Waals surface area contributed by atoms with Gasteiger partial charge >= 0.3 is 0 Å². The second-order valence-electron chi connectivity index (χ2n) is 6.04. The van der Waals surface area contributed by atoms with Crippen LogP contribution in [0.25, 0.3) is 0 Å². The van der Waals surface area contributed by atoms with Crippen molar-refractivity contribution in [3.63, 3.8) is 0 Å². The first kappa shape index (κ1) is 13.8. The lowest BCUT2D eigenvalue weighted by molar-refractivity contribution is 0.202. The van der Waals surface area contributed by atoms with E-state index >= 15 is 0 Å². The highest BCUT2D eigenvalue weighted by atomic mass is 16.1. The smallest absolute Gasteiger partial charge is 0.255 e. The number of aromatic amines is 1. The van der Waals surface area contributed by atoms with Gasteiger partial charge in [-0.15, -0.1) is 0 Å². The second-order valence-corrected chi connectivity index (χ2v) is 6.04. The van der Waals surface area contributed by atoms with Crippen molar-refractivity contribution in [2.45, 2.75) is 45.7 Å². The molecule has 20 heavy (non-hydrogen) atoms. The van der Waals surface area contributed by atoms with Crippen LogP contribution in [0, 0.1) is 6.92 Å². The molecule has 0 spiro atoms. The van der Waals surface area contributed by atoms with Gasteiger partial charge < -0.3 is 9.88 Å². The molecule has 2 aliphatic rings.